The van der Waals surface area contributed by atoms with Crippen molar-refractivity contribution in [3.63, 3.8) is 0 Å². The first-order valence-electron chi connectivity index (χ1n) is 4.57. The lowest BCUT2D eigenvalue weighted by Gasteiger charge is -2.07. The second-order valence-corrected chi connectivity index (χ2v) is 3.06. The minimum Gasteiger partial charge on any atom is -0.475 e. The molecule has 1 aromatic heterocycles. The molecule has 0 saturated carbocycles. The number of rotatable bonds is 5. The normalized spacial score (nSPS) is 12.5. The highest BCUT2D eigenvalue weighted by molar-refractivity contribution is 5.19. The van der Waals surface area contributed by atoms with Crippen LogP contribution in [0, 0.1) is 0 Å². The Bertz CT molecular complexity index is 259. The van der Waals surface area contributed by atoms with Gasteiger partial charge in [0.2, 0.25) is 5.88 Å². The molecule has 14 heavy (non-hydrogen) atoms. The van der Waals surface area contributed by atoms with E-state index in [0.717, 1.165) is 5.56 Å². The van der Waals surface area contributed by atoms with Crippen molar-refractivity contribution in [1.29, 1.82) is 0 Å². The Morgan fingerprint density at radius 2 is 2.21 bits per heavy atom. The molecule has 0 radical (unpaired) electrons. The summed E-state index contributed by atoms with van der Waals surface area (Å²) in [5, 5.41) is 0. The van der Waals surface area contributed by atoms with E-state index in [9.17, 15) is 0 Å². The molecule has 1 atom stereocenters. The van der Waals surface area contributed by atoms with Crippen molar-refractivity contribution in [3.05, 3.63) is 23.9 Å². The number of hydrogen-bond donors (Lipinski definition) is 1. The number of hydrogen-bond acceptors (Lipinski definition) is 4. The Hall–Kier alpha value is -1.13. The van der Waals surface area contributed by atoms with Crippen LogP contribution in [0.1, 0.15) is 18.5 Å². The van der Waals surface area contributed by atoms with E-state index in [4.69, 9.17) is 15.2 Å². The predicted octanol–water partition coefficient (Wildman–Crippen LogP) is 1.13. The Morgan fingerprint density at radius 1 is 1.43 bits per heavy atom. The van der Waals surface area contributed by atoms with Crippen LogP contribution in [0.25, 0.3) is 0 Å². The topological polar surface area (TPSA) is 57.4 Å². The summed E-state index contributed by atoms with van der Waals surface area (Å²) in [4.78, 5) is 4.11. The van der Waals surface area contributed by atoms with Gasteiger partial charge >= 0.3 is 0 Å². The molecule has 0 amide bonds. The fraction of sp³-hybridized carbons (Fsp3) is 0.500. The maximum Gasteiger partial charge on any atom is 0.213 e. The number of ether oxygens (including phenoxy) is 2. The number of methoxy groups -OCH3 is 1. The highest BCUT2D eigenvalue weighted by Gasteiger charge is 2.00. The predicted molar refractivity (Wildman–Crippen MR) is 54.2 cm³/mol. The number of aromatic nitrogens is 1. The summed E-state index contributed by atoms with van der Waals surface area (Å²) in [6, 6.07) is 3.74. The van der Waals surface area contributed by atoms with E-state index >= 15 is 0 Å². The van der Waals surface area contributed by atoms with Gasteiger partial charge in [-0.15, -0.1) is 0 Å². The van der Waals surface area contributed by atoms with E-state index in [-0.39, 0.29) is 6.04 Å². The Balaban J connectivity index is 2.47. The molecule has 2 N–H and O–H groups in total. The van der Waals surface area contributed by atoms with Gasteiger partial charge in [0.15, 0.2) is 0 Å². The van der Waals surface area contributed by atoms with Gasteiger partial charge in [-0.05, 0) is 12.5 Å². The SMILES string of the molecule is COCCOc1ccc(C(C)N)cn1. The number of nitrogens with zero attached hydrogens (tertiary/aromatic N) is 1. The summed E-state index contributed by atoms with van der Waals surface area (Å²) in [5.41, 5.74) is 6.69. The van der Waals surface area contributed by atoms with Gasteiger partial charge in [-0.3, -0.25) is 0 Å². The molecule has 0 aliphatic heterocycles. The van der Waals surface area contributed by atoms with Crippen molar-refractivity contribution in [2.24, 2.45) is 5.73 Å². The third kappa shape index (κ3) is 3.32. The van der Waals surface area contributed by atoms with Crippen LogP contribution in [-0.4, -0.2) is 25.3 Å². The zero-order valence-electron chi connectivity index (χ0n) is 8.56. The van der Waals surface area contributed by atoms with Crippen LogP contribution in [0.4, 0.5) is 0 Å². The summed E-state index contributed by atoms with van der Waals surface area (Å²) in [7, 11) is 1.63. The lowest BCUT2D eigenvalue weighted by atomic mass is 10.2. The van der Waals surface area contributed by atoms with Crippen LogP contribution in [0.15, 0.2) is 18.3 Å². The first-order valence-corrected chi connectivity index (χ1v) is 4.57. The van der Waals surface area contributed by atoms with E-state index in [1.165, 1.54) is 0 Å². The molecular weight excluding hydrogens is 180 g/mol. The van der Waals surface area contributed by atoms with Crippen molar-refractivity contribution < 1.29 is 9.47 Å². The van der Waals surface area contributed by atoms with Crippen LogP contribution in [-0.2, 0) is 4.74 Å². The average molecular weight is 196 g/mol. The van der Waals surface area contributed by atoms with E-state index in [1.807, 2.05) is 19.1 Å². The van der Waals surface area contributed by atoms with E-state index in [0.29, 0.717) is 19.1 Å². The van der Waals surface area contributed by atoms with Crippen LogP contribution in [0.3, 0.4) is 0 Å². The van der Waals surface area contributed by atoms with Gasteiger partial charge < -0.3 is 15.2 Å². The largest absolute Gasteiger partial charge is 0.475 e. The molecule has 0 bridgehead atoms. The lowest BCUT2D eigenvalue weighted by molar-refractivity contribution is 0.143. The highest BCUT2D eigenvalue weighted by atomic mass is 16.5. The number of pyridine rings is 1. The third-order valence-corrected chi connectivity index (χ3v) is 1.82. The van der Waals surface area contributed by atoms with Crippen molar-refractivity contribution in [1.82, 2.24) is 4.98 Å². The molecule has 78 valence electrons. The maximum absolute atomic E-state index is 5.68. The summed E-state index contributed by atoms with van der Waals surface area (Å²) < 4.78 is 10.2. The minimum absolute atomic E-state index is 0.00975. The summed E-state index contributed by atoms with van der Waals surface area (Å²) in [6.07, 6.45) is 1.73. The monoisotopic (exact) mass is 196 g/mol. The standard InChI is InChI=1S/C10H16N2O2/c1-8(11)9-3-4-10(12-7-9)14-6-5-13-2/h3-4,7-8H,5-6,11H2,1-2H3. The van der Waals surface area contributed by atoms with Gasteiger partial charge in [0.25, 0.3) is 0 Å². The van der Waals surface area contributed by atoms with Gasteiger partial charge in [0.1, 0.15) is 6.61 Å². The lowest BCUT2D eigenvalue weighted by Crippen LogP contribution is -2.07. The molecule has 1 unspecified atom stereocenters. The van der Waals surface area contributed by atoms with E-state index in [1.54, 1.807) is 13.3 Å². The van der Waals surface area contributed by atoms with Crippen LogP contribution >= 0.6 is 0 Å². The van der Waals surface area contributed by atoms with Crippen molar-refractivity contribution in [3.8, 4) is 5.88 Å². The zero-order chi connectivity index (χ0) is 10.4. The summed E-state index contributed by atoms with van der Waals surface area (Å²) in [5.74, 6) is 0.603. The van der Waals surface area contributed by atoms with Crippen LogP contribution in [0.2, 0.25) is 0 Å². The second kappa shape index (κ2) is 5.57. The molecule has 0 aromatic carbocycles. The average Bonchev–Trinajstić information content (AvgIpc) is 2.19. The quantitative estimate of drug-likeness (QED) is 0.717. The van der Waals surface area contributed by atoms with Gasteiger partial charge in [-0.1, -0.05) is 6.07 Å². The third-order valence-electron chi connectivity index (χ3n) is 1.82. The van der Waals surface area contributed by atoms with Gasteiger partial charge in [-0.2, -0.15) is 0 Å². The van der Waals surface area contributed by atoms with Gasteiger partial charge in [0.05, 0.1) is 6.61 Å². The molecule has 0 fully saturated rings. The Morgan fingerprint density at radius 3 is 2.71 bits per heavy atom. The molecule has 1 heterocycles. The van der Waals surface area contributed by atoms with Crippen molar-refractivity contribution >= 4 is 0 Å². The fourth-order valence-electron chi connectivity index (χ4n) is 0.976. The molecule has 0 aliphatic carbocycles. The first kappa shape index (κ1) is 10.9. The van der Waals surface area contributed by atoms with Crippen molar-refractivity contribution in [2.75, 3.05) is 20.3 Å². The smallest absolute Gasteiger partial charge is 0.213 e. The molecule has 4 heteroatoms. The molecular formula is C10H16N2O2. The molecule has 1 rings (SSSR count). The second-order valence-electron chi connectivity index (χ2n) is 3.06. The number of nitrogens with two attached hydrogens (primary N) is 1. The Kier molecular flexibility index (Phi) is 4.35. The summed E-state index contributed by atoms with van der Waals surface area (Å²) in [6.45, 7) is 3.00. The maximum atomic E-state index is 5.68. The van der Waals surface area contributed by atoms with Crippen LogP contribution < -0.4 is 10.5 Å². The van der Waals surface area contributed by atoms with E-state index < -0.39 is 0 Å². The molecule has 4 nitrogen and oxygen atoms in total. The molecule has 1 aromatic rings. The minimum atomic E-state index is 0.00975. The molecule has 0 aliphatic rings. The summed E-state index contributed by atoms with van der Waals surface area (Å²) >= 11 is 0. The molecule has 0 spiro atoms. The first-order chi connectivity index (χ1) is 6.74. The highest BCUT2D eigenvalue weighted by Crippen LogP contribution is 2.12. The Labute approximate surface area is 84.0 Å². The van der Waals surface area contributed by atoms with Crippen molar-refractivity contribution in [2.45, 2.75) is 13.0 Å². The van der Waals surface area contributed by atoms with Crippen LogP contribution in [0.5, 0.6) is 5.88 Å². The zero-order valence-corrected chi connectivity index (χ0v) is 8.56. The van der Waals surface area contributed by atoms with E-state index in [2.05, 4.69) is 4.98 Å². The van der Waals surface area contributed by atoms with Gasteiger partial charge in [0, 0.05) is 25.4 Å². The molecule has 0 saturated heterocycles. The fourth-order valence-corrected chi connectivity index (χ4v) is 0.976. The van der Waals surface area contributed by atoms with Gasteiger partial charge in [-0.25, -0.2) is 4.98 Å².